The van der Waals surface area contributed by atoms with Crippen molar-refractivity contribution >= 4 is 0 Å². The molecule has 4 heteroatoms. The highest BCUT2D eigenvalue weighted by Crippen LogP contribution is 2.06. The van der Waals surface area contributed by atoms with Gasteiger partial charge in [0.25, 0.3) is 0 Å². The van der Waals surface area contributed by atoms with Gasteiger partial charge in [-0.3, -0.25) is 9.36 Å². The molecule has 0 aromatic carbocycles. The Balaban J connectivity index is 1.87. The molecule has 2 heterocycles. The average molecular weight is 232 g/mol. The summed E-state index contributed by atoms with van der Waals surface area (Å²) in [5.41, 5.74) is 4.76. The standard InChI is InChI=1S/C13H20N4/c1-10-8-16(14-12(10)3)6-5-7-17-9-11(2)13(4)15-17/h8-9H,5-7H2,1-4H3. The average Bonchev–Trinajstić information content (AvgIpc) is 2.73. The first-order valence-electron chi connectivity index (χ1n) is 6.07. The minimum atomic E-state index is 0.951. The normalized spacial score (nSPS) is 11.1. The third-order valence-electron chi connectivity index (χ3n) is 3.16. The predicted octanol–water partition coefficient (Wildman–Crippen LogP) is 2.40. The molecule has 0 aliphatic carbocycles. The van der Waals surface area contributed by atoms with Gasteiger partial charge >= 0.3 is 0 Å². The van der Waals surface area contributed by atoms with Crippen LogP contribution in [0, 0.1) is 27.7 Å². The van der Waals surface area contributed by atoms with Crippen LogP contribution >= 0.6 is 0 Å². The lowest BCUT2D eigenvalue weighted by molar-refractivity contribution is 0.498. The topological polar surface area (TPSA) is 35.6 Å². The molecule has 0 aliphatic heterocycles. The van der Waals surface area contributed by atoms with E-state index in [1.807, 2.05) is 23.2 Å². The van der Waals surface area contributed by atoms with Gasteiger partial charge in [0.2, 0.25) is 0 Å². The van der Waals surface area contributed by atoms with Crippen molar-refractivity contribution in [3.8, 4) is 0 Å². The maximum Gasteiger partial charge on any atom is 0.0622 e. The number of hydrogen-bond acceptors (Lipinski definition) is 2. The molecule has 0 atom stereocenters. The maximum absolute atomic E-state index is 4.45. The quantitative estimate of drug-likeness (QED) is 0.811. The minimum absolute atomic E-state index is 0.951. The van der Waals surface area contributed by atoms with E-state index in [9.17, 15) is 0 Å². The first-order valence-corrected chi connectivity index (χ1v) is 6.07. The van der Waals surface area contributed by atoms with Crippen LogP contribution < -0.4 is 0 Å². The van der Waals surface area contributed by atoms with Gasteiger partial charge in [0.1, 0.15) is 0 Å². The van der Waals surface area contributed by atoms with Crippen LogP contribution in [0.25, 0.3) is 0 Å². The molecular weight excluding hydrogens is 212 g/mol. The Hall–Kier alpha value is -1.58. The second-order valence-corrected chi connectivity index (χ2v) is 4.67. The summed E-state index contributed by atoms with van der Waals surface area (Å²) < 4.78 is 4.04. The molecule has 0 radical (unpaired) electrons. The van der Waals surface area contributed by atoms with Gasteiger partial charge < -0.3 is 0 Å². The molecule has 2 rings (SSSR count). The highest BCUT2D eigenvalue weighted by atomic mass is 15.3. The van der Waals surface area contributed by atoms with Crippen molar-refractivity contribution < 1.29 is 0 Å². The summed E-state index contributed by atoms with van der Waals surface area (Å²) in [6, 6.07) is 0. The monoisotopic (exact) mass is 232 g/mol. The van der Waals surface area contributed by atoms with Crippen LogP contribution in [0.1, 0.15) is 28.9 Å². The SMILES string of the molecule is Cc1cn(CCCn2cc(C)c(C)n2)nc1C. The van der Waals surface area contributed by atoms with E-state index in [4.69, 9.17) is 0 Å². The Bertz CT molecular complexity index is 422. The third kappa shape index (κ3) is 2.75. The van der Waals surface area contributed by atoms with Crippen molar-refractivity contribution in [2.24, 2.45) is 0 Å². The fourth-order valence-electron chi connectivity index (χ4n) is 1.86. The van der Waals surface area contributed by atoms with Crippen LogP contribution in [0.5, 0.6) is 0 Å². The van der Waals surface area contributed by atoms with E-state index in [-0.39, 0.29) is 0 Å². The summed E-state index contributed by atoms with van der Waals surface area (Å²) in [6.07, 6.45) is 5.27. The number of rotatable bonds is 4. The first-order chi connectivity index (χ1) is 8.06. The van der Waals surface area contributed by atoms with E-state index in [1.54, 1.807) is 0 Å². The van der Waals surface area contributed by atoms with Gasteiger partial charge in [0.15, 0.2) is 0 Å². The van der Waals surface area contributed by atoms with Crippen LogP contribution in [0.3, 0.4) is 0 Å². The molecule has 0 fully saturated rings. The second-order valence-electron chi connectivity index (χ2n) is 4.67. The van der Waals surface area contributed by atoms with Crippen LogP contribution in [0.15, 0.2) is 12.4 Å². The summed E-state index contributed by atoms with van der Waals surface area (Å²) in [4.78, 5) is 0. The van der Waals surface area contributed by atoms with Gasteiger partial charge in [0, 0.05) is 25.5 Å². The Kier molecular flexibility index (Phi) is 3.31. The molecule has 17 heavy (non-hydrogen) atoms. The van der Waals surface area contributed by atoms with E-state index in [2.05, 4.69) is 36.4 Å². The van der Waals surface area contributed by atoms with Crippen molar-refractivity contribution in [2.45, 2.75) is 47.2 Å². The molecule has 0 unspecified atom stereocenters. The fraction of sp³-hybridized carbons (Fsp3) is 0.538. The molecule has 0 spiro atoms. The summed E-state index contributed by atoms with van der Waals surface area (Å²) in [5, 5.41) is 8.90. The van der Waals surface area contributed by atoms with Crippen LogP contribution in [-0.2, 0) is 13.1 Å². The maximum atomic E-state index is 4.45. The predicted molar refractivity (Wildman–Crippen MR) is 68.0 cm³/mol. The summed E-state index contributed by atoms with van der Waals surface area (Å²) in [6.45, 7) is 10.2. The molecule has 0 saturated heterocycles. The molecular formula is C13H20N4. The van der Waals surface area contributed by atoms with Crippen molar-refractivity contribution in [1.82, 2.24) is 19.6 Å². The molecule has 92 valence electrons. The molecule has 4 nitrogen and oxygen atoms in total. The largest absolute Gasteiger partial charge is 0.272 e. The Morgan fingerprint density at radius 1 is 0.824 bits per heavy atom. The van der Waals surface area contributed by atoms with E-state index >= 15 is 0 Å². The molecule has 0 bridgehead atoms. The van der Waals surface area contributed by atoms with Crippen LogP contribution in [-0.4, -0.2) is 19.6 Å². The lowest BCUT2D eigenvalue weighted by Crippen LogP contribution is -2.05. The van der Waals surface area contributed by atoms with E-state index < -0.39 is 0 Å². The molecule has 2 aromatic rings. The van der Waals surface area contributed by atoms with E-state index in [0.29, 0.717) is 0 Å². The summed E-state index contributed by atoms with van der Waals surface area (Å²) in [5.74, 6) is 0. The molecule has 0 N–H and O–H groups in total. The van der Waals surface area contributed by atoms with Crippen molar-refractivity contribution in [3.05, 3.63) is 34.9 Å². The first kappa shape index (κ1) is 11.9. The van der Waals surface area contributed by atoms with E-state index in [0.717, 1.165) is 30.9 Å². The lowest BCUT2D eigenvalue weighted by atomic mass is 10.3. The fourth-order valence-corrected chi connectivity index (χ4v) is 1.86. The molecule has 0 aliphatic rings. The number of hydrogen-bond donors (Lipinski definition) is 0. The zero-order valence-electron chi connectivity index (χ0n) is 11.1. The van der Waals surface area contributed by atoms with Crippen molar-refractivity contribution in [3.63, 3.8) is 0 Å². The van der Waals surface area contributed by atoms with Gasteiger partial charge in [-0.25, -0.2) is 0 Å². The highest BCUT2D eigenvalue weighted by molar-refractivity contribution is 5.13. The third-order valence-corrected chi connectivity index (χ3v) is 3.16. The zero-order valence-corrected chi connectivity index (χ0v) is 11.1. The molecule has 0 saturated carbocycles. The minimum Gasteiger partial charge on any atom is -0.272 e. The van der Waals surface area contributed by atoms with Gasteiger partial charge in [0.05, 0.1) is 11.4 Å². The molecule has 0 amide bonds. The zero-order chi connectivity index (χ0) is 12.4. The van der Waals surface area contributed by atoms with Crippen molar-refractivity contribution in [1.29, 1.82) is 0 Å². The van der Waals surface area contributed by atoms with Gasteiger partial charge in [-0.05, 0) is 45.2 Å². The number of nitrogens with zero attached hydrogens (tertiary/aromatic N) is 4. The summed E-state index contributed by atoms with van der Waals surface area (Å²) in [7, 11) is 0. The van der Waals surface area contributed by atoms with Gasteiger partial charge in [-0.15, -0.1) is 0 Å². The Morgan fingerprint density at radius 3 is 1.53 bits per heavy atom. The number of aromatic nitrogens is 4. The van der Waals surface area contributed by atoms with Crippen LogP contribution in [0.2, 0.25) is 0 Å². The van der Waals surface area contributed by atoms with Gasteiger partial charge in [-0.1, -0.05) is 0 Å². The Morgan fingerprint density at radius 2 is 1.24 bits per heavy atom. The van der Waals surface area contributed by atoms with Crippen LogP contribution in [0.4, 0.5) is 0 Å². The van der Waals surface area contributed by atoms with Crippen molar-refractivity contribution in [2.75, 3.05) is 0 Å². The lowest BCUT2D eigenvalue weighted by Gasteiger charge is -2.02. The van der Waals surface area contributed by atoms with Gasteiger partial charge in [-0.2, -0.15) is 10.2 Å². The highest BCUT2D eigenvalue weighted by Gasteiger charge is 2.02. The smallest absolute Gasteiger partial charge is 0.0622 e. The Labute approximate surface area is 102 Å². The molecule has 2 aromatic heterocycles. The summed E-state index contributed by atoms with van der Waals surface area (Å²) >= 11 is 0. The second kappa shape index (κ2) is 4.73. The number of aryl methyl sites for hydroxylation is 6. The van der Waals surface area contributed by atoms with E-state index in [1.165, 1.54) is 11.1 Å².